The minimum atomic E-state index is 0.336. The highest BCUT2D eigenvalue weighted by atomic mass is 127. The molecule has 0 bridgehead atoms. The van der Waals surface area contributed by atoms with Crippen LogP contribution in [0.1, 0.15) is 0 Å². The minimum Gasteiger partial charge on any atom is -0.257 e. The van der Waals surface area contributed by atoms with Crippen LogP contribution in [0.3, 0.4) is 0 Å². The van der Waals surface area contributed by atoms with Gasteiger partial charge >= 0.3 is 0 Å². The van der Waals surface area contributed by atoms with Crippen molar-refractivity contribution in [1.82, 2.24) is 9.78 Å². The van der Waals surface area contributed by atoms with Gasteiger partial charge in [-0.2, -0.15) is 10.4 Å². The van der Waals surface area contributed by atoms with Gasteiger partial charge in [-0.25, -0.2) is 0 Å². The quantitative estimate of drug-likeness (QED) is 0.679. The maximum atomic E-state index is 8.22. The zero-order chi connectivity index (χ0) is 6.69. The van der Waals surface area contributed by atoms with Gasteiger partial charge in [0.05, 0.1) is 15.8 Å². The van der Waals surface area contributed by atoms with E-state index in [4.69, 9.17) is 5.26 Å². The first kappa shape index (κ1) is 6.55. The van der Waals surface area contributed by atoms with Crippen LogP contribution in [0.15, 0.2) is 12.4 Å². The highest BCUT2D eigenvalue weighted by Crippen LogP contribution is 1.99. The number of halogens is 1. The van der Waals surface area contributed by atoms with Gasteiger partial charge in [0.15, 0.2) is 0 Å². The molecule has 46 valence electrons. The Labute approximate surface area is 66.4 Å². The fourth-order valence-corrected chi connectivity index (χ4v) is 0.943. The first-order valence-electron chi connectivity index (χ1n) is 2.38. The van der Waals surface area contributed by atoms with E-state index < -0.39 is 0 Å². The molecule has 0 fully saturated rings. The van der Waals surface area contributed by atoms with Crippen molar-refractivity contribution in [3.63, 3.8) is 0 Å². The summed E-state index contributed by atoms with van der Waals surface area (Å²) in [6, 6.07) is 1.99. The molecule has 1 heterocycles. The van der Waals surface area contributed by atoms with Crippen LogP contribution in [0.5, 0.6) is 0 Å². The lowest BCUT2D eigenvalue weighted by atomic mass is 10.7. The minimum absolute atomic E-state index is 0.336. The monoisotopic (exact) mass is 233 g/mol. The first-order chi connectivity index (χ1) is 4.33. The van der Waals surface area contributed by atoms with Crippen molar-refractivity contribution in [2.75, 3.05) is 0 Å². The molecule has 0 N–H and O–H groups in total. The van der Waals surface area contributed by atoms with Gasteiger partial charge in [0.25, 0.3) is 0 Å². The summed E-state index contributed by atoms with van der Waals surface area (Å²) in [4.78, 5) is 0. The van der Waals surface area contributed by atoms with E-state index >= 15 is 0 Å². The van der Waals surface area contributed by atoms with Crippen molar-refractivity contribution >= 4 is 22.6 Å². The number of nitriles is 1. The molecule has 4 heteroatoms. The molecule has 0 aliphatic rings. The number of nitrogens with zero attached hydrogens (tertiary/aromatic N) is 3. The van der Waals surface area contributed by atoms with Crippen molar-refractivity contribution in [2.45, 2.75) is 6.54 Å². The van der Waals surface area contributed by atoms with Crippen LogP contribution in [0.2, 0.25) is 0 Å². The Bertz CT molecular complexity index is 235. The second kappa shape index (κ2) is 2.82. The third-order valence-electron chi connectivity index (χ3n) is 0.834. The van der Waals surface area contributed by atoms with Crippen LogP contribution >= 0.6 is 22.6 Å². The summed E-state index contributed by atoms with van der Waals surface area (Å²) in [5.74, 6) is 0. The number of aromatic nitrogens is 2. The fraction of sp³-hybridized carbons (Fsp3) is 0.200. The van der Waals surface area contributed by atoms with Gasteiger partial charge in [-0.1, -0.05) is 0 Å². The summed E-state index contributed by atoms with van der Waals surface area (Å²) in [6.07, 6.45) is 3.54. The second-order valence-electron chi connectivity index (χ2n) is 1.51. The van der Waals surface area contributed by atoms with Crippen molar-refractivity contribution < 1.29 is 0 Å². The molecular weight excluding hydrogens is 229 g/mol. The van der Waals surface area contributed by atoms with Crippen molar-refractivity contribution in [3.05, 3.63) is 16.0 Å². The third-order valence-corrected chi connectivity index (χ3v) is 1.39. The van der Waals surface area contributed by atoms with Crippen LogP contribution in [0.25, 0.3) is 0 Å². The third kappa shape index (κ3) is 1.68. The van der Waals surface area contributed by atoms with Gasteiger partial charge < -0.3 is 0 Å². The van der Waals surface area contributed by atoms with Gasteiger partial charge in [-0.15, -0.1) is 0 Å². The van der Waals surface area contributed by atoms with Crippen molar-refractivity contribution in [2.24, 2.45) is 0 Å². The van der Waals surface area contributed by atoms with E-state index in [1.807, 2.05) is 12.3 Å². The van der Waals surface area contributed by atoms with Crippen LogP contribution in [-0.2, 0) is 6.54 Å². The summed E-state index contributed by atoms with van der Waals surface area (Å²) in [6.45, 7) is 0.336. The molecule has 0 saturated carbocycles. The largest absolute Gasteiger partial charge is 0.257 e. The zero-order valence-corrected chi connectivity index (χ0v) is 6.74. The molecule has 0 aliphatic carbocycles. The van der Waals surface area contributed by atoms with Crippen LogP contribution in [-0.4, -0.2) is 9.78 Å². The number of rotatable bonds is 1. The molecule has 1 aromatic rings. The molecular formula is C5H4IN3. The molecule has 9 heavy (non-hydrogen) atoms. The highest BCUT2D eigenvalue weighted by Gasteiger charge is 1.90. The standard InChI is InChI=1S/C5H4IN3/c6-5-3-8-9(4-5)2-1-7/h3-4H,2H2. The van der Waals surface area contributed by atoms with Crippen molar-refractivity contribution in [3.8, 4) is 6.07 Å². The Hall–Kier alpha value is -0.570. The zero-order valence-electron chi connectivity index (χ0n) is 4.58. The molecule has 0 spiro atoms. The molecule has 1 aromatic heterocycles. The van der Waals surface area contributed by atoms with Crippen LogP contribution in [0.4, 0.5) is 0 Å². The van der Waals surface area contributed by atoms with Crippen LogP contribution < -0.4 is 0 Å². The van der Waals surface area contributed by atoms with E-state index in [0.717, 1.165) is 3.57 Å². The fourth-order valence-electron chi connectivity index (χ4n) is 0.497. The normalized spacial score (nSPS) is 8.89. The number of hydrogen-bond acceptors (Lipinski definition) is 2. The van der Waals surface area contributed by atoms with E-state index in [-0.39, 0.29) is 0 Å². The van der Waals surface area contributed by atoms with E-state index in [1.165, 1.54) is 0 Å². The summed E-state index contributed by atoms with van der Waals surface area (Å²) in [5, 5.41) is 12.1. The molecule has 0 saturated heterocycles. The lowest BCUT2D eigenvalue weighted by molar-refractivity contribution is 0.709. The summed E-state index contributed by atoms with van der Waals surface area (Å²) in [7, 11) is 0. The maximum absolute atomic E-state index is 8.22. The molecule has 0 aliphatic heterocycles. The van der Waals surface area contributed by atoms with Gasteiger partial charge in [0, 0.05) is 6.20 Å². The molecule has 0 atom stereocenters. The predicted molar refractivity (Wildman–Crippen MR) is 40.6 cm³/mol. The van der Waals surface area contributed by atoms with Crippen molar-refractivity contribution in [1.29, 1.82) is 5.26 Å². The van der Waals surface area contributed by atoms with Crippen LogP contribution in [0, 0.1) is 14.9 Å². The summed E-state index contributed by atoms with van der Waals surface area (Å²) >= 11 is 2.15. The Morgan fingerprint density at radius 1 is 1.89 bits per heavy atom. The lowest BCUT2D eigenvalue weighted by Gasteiger charge is -1.85. The average Bonchev–Trinajstić information content (AvgIpc) is 2.17. The Balaban J connectivity index is 2.76. The SMILES string of the molecule is N#CCn1cc(I)cn1. The topological polar surface area (TPSA) is 41.6 Å². The highest BCUT2D eigenvalue weighted by molar-refractivity contribution is 14.1. The Morgan fingerprint density at radius 3 is 3.11 bits per heavy atom. The predicted octanol–water partition coefficient (Wildman–Crippen LogP) is 1.01. The molecule has 1 rings (SSSR count). The molecule has 0 unspecified atom stereocenters. The number of hydrogen-bond donors (Lipinski definition) is 0. The molecule has 0 amide bonds. The average molecular weight is 233 g/mol. The molecule has 0 radical (unpaired) electrons. The second-order valence-corrected chi connectivity index (χ2v) is 2.76. The van der Waals surface area contributed by atoms with E-state index in [2.05, 4.69) is 27.7 Å². The maximum Gasteiger partial charge on any atom is 0.128 e. The smallest absolute Gasteiger partial charge is 0.128 e. The van der Waals surface area contributed by atoms with Gasteiger partial charge in [0.1, 0.15) is 6.54 Å². The summed E-state index contributed by atoms with van der Waals surface area (Å²) < 4.78 is 2.66. The van der Waals surface area contributed by atoms with Gasteiger partial charge in [-0.3, -0.25) is 4.68 Å². The Morgan fingerprint density at radius 2 is 2.67 bits per heavy atom. The molecule has 0 aromatic carbocycles. The van der Waals surface area contributed by atoms with Gasteiger partial charge in [0.2, 0.25) is 0 Å². The summed E-state index contributed by atoms with van der Waals surface area (Å²) in [5.41, 5.74) is 0. The lowest BCUT2D eigenvalue weighted by Crippen LogP contribution is -1.93. The van der Waals surface area contributed by atoms with Gasteiger partial charge in [-0.05, 0) is 22.6 Å². The first-order valence-corrected chi connectivity index (χ1v) is 3.45. The van der Waals surface area contributed by atoms with E-state index in [0.29, 0.717) is 6.54 Å². The molecule has 3 nitrogen and oxygen atoms in total. The van der Waals surface area contributed by atoms with E-state index in [1.54, 1.807) is 10.9 Å². The Kier molecular flexibility index (Phi) is 2.05. The van der Waals surface area contributed by atoms with E-state index in [9.17, 15) is 0 Å².